The number of aromatic nitrogens is 6. The van der Waals surface area contributed by atoms with Gasteiger partial charge in [-0.15, -0.1) is 0 Å². The van der Waals surface area contributed by atoms with Crippen LogP contribution in [0, 0.1) is 0 Å². The number of rotatable bonds is 6. The van der Waals surface area contributed by atoms with E-state index in [1.165, 1.54) is 0 Å². The third-order valence-corrected chi connectivity index (χ3v) is 19.0. The lowest BCUT2D eigenvalue weighted by Gasteiger charge is -2.24. The Kier molecular flexibility index (Phi) is 9.29. The summed E-state index contributed by atoms with van der Waals surface area (Å²) in [6.45, 7) is 0. The molecular formula is C66H38N6O4S2. The van der Waals surface area contributed by atoms with Crippen LogP contribution in [-0.2, 0) is 19.7 Å². The predicted molar refractivity (Wildman–Crippen MR) is 307 cm³/mol. The highest BCUT2D eigenvalue weighted by atomic mass is 32.2. The monoisotopic (exact) mass is 1040 g/mol. The second-order valence-corrected chi connectivity index (χ2v) is 23.5. The van der Waals surface area contributed by atoms with Gasteiger partial charge >= 0.3 is 0 Å². The third kappa shape index (κ3) is 6.23. The van der Waals surface area contributed by atoms with Crippen LogP contribution < -0.4 is 0 Å². The third-order valence-electron chi connectivity index (χ3n) is 15.5. The second-order valence-electron chi connectivity index (χ2n) is 19.7. The molecule has 0 bridgehead atoms. The maximum Gasteiger partial charge on any atom is 0.210 e. The number of hydrogen-bond acceptors (Lipinski definition) is 8. The molecule has 14 aromatic rings. The van der Waals surface area contributed by atoms with Gasteiger partial charge in [0, 0.05) is 33.9 Å². The average molecular weight is 1040 g/mol. The van der Waals surface area contributed by atoms with Crippen molar-refractivity contribution in [2.45, 2.75) is 19.6 Å². The number of pyridine rings is 2. The van der Waals surface area contributed by atoms with Gasteiger partial charge in [-0.3, -0.25) is 9.97 Å². The smallest absolute Gasteiger partial charge is 0.210 e. The number of fused-ring (bicyclic) bond motifs is 14. The Balaban J connectivity index is 1.19. The largest absolute Gasteiger partial charge is 0.304 e. The van der Waals surface area contributed by atoms with Gasteiger partial charge < -0.3 is 9.13 Å². The Hall–Kier alpha value is -9.88. The van der Waals surface area contributed by atoms with Gasteiger partial charge in [0.15, 0.2) is 0 Å². The van der Waals surface area contributed by atoms with Gasteiger partial charge in [-0.1, -0.05) is 146 Å². The number of hydrogen-bond donors (Lipinski definition) is 0. The standard InChI is InChI=1S/C66H38N6O4S2/c73-77(74)53-35-43(39-17-5-1-6-18-39)27-29-51(53)71-63-47(33-45(37-55(63)77)41-21-9-3-10-22-41)57-61-62(70-60(50-26-14-16-32-68-50)59(69-61)49-25-13-15-31-67-49)58-48-34-46(42-23-11-4-12-24-42)38-56-64(48)72(66(58)65(57)71)52-30-28-44(36-54(52)78(56,75)76)40-19-7-2-8-20-40/h1-38H. The molecule has 2 aliphatic heterocycles. The molecule has 0 amide bonds. The SMILES string of the molecule is O=S1(=O)c2cc(-c3ccccc3)ccc2-n2c3c1cc(-c1ccccc1)cc3c1c3nc(-c4ccccn4)c(-c4ccccn4)nc3c3c4cc(-c5ccccc5)cc5c4n(c3c12)-c1ccc(-c2ccccc2)cc1S5(=O)=O. The summed E-state index contributed by atoms with van der Waals surface area (Å²) >= 11 is 0. The predicted octanol–water partition coefficient (Wildman–Crippen LogP) is 14.9. The molecule has 5 aromatic heterocycles. The molecule has 0 saturated carbocycles. The Morgan fingerprint density at radius 1 is 0.308 bits per heavy atom. The van der Waals surface area contributed by atoms with Crippen LogP contribution >= 0.6 is 0 Å². The highest BCUT2D eigenvalue weighted by Gasteiger charge is 2.40. The zero-order valence-corrected chi connectivity index (χ0v) is 42.7. The van der Waals surface area contributed by atoms with Crippen molar-refractivity contribution in [1.29, 1.82) is 0 Å². The minimum absolute atomic E-state index is 0.134. The van der Waals surface area contributed by atoms with E-state index in [-0.39, 0.29) is 19.6 Å². The first-order valence-electron chi connectivity index (χ1n) is 25.4. The summed E-state index contributed by atoms with van der Waals surface area (Å²) in [5, 5.41) is 2.54. The highest BCUT2D eigenvalue weighted by molar-refractivity contribution is 7.92. The van der Waals surface area contributed by atoms with Gasteiger partial charge in [0.25, 0.3) is 0 Å². The number of sulfone groups is 2. The number of benzene rings is 9. The lowest BCUT2D eigenvalue weighted by molar-refractivity contribution is 0.593. The van der Waals surface area contributed by atoms with Crippen molar-refractivity contribution >= 4 is 74.3 Å². The molecule has 78 heavy (non-hydrogen) atoms. The summed E-state index contributed by atoms with van der Waals surface area (Å²) < 4.78 is 67.5. The molecule has 0 spiro atoms. The minimum Gasteiger partial charge on any atom is -0.304 e. The van der Waals surface area contributed by atoms with Crippen molar-refractivity contribution < 1.29 is 16.8 Å². The molecular weight excluding hydrogens is 1000 g/mol. The molecule has 7 heterocycles. The highest BCUT2D eigenvalue weighted by Crippen LogP contribution is 2.55. The molecule has 368 valence electrons. The van der Waals surface area contributed by atoms with Gasteiger partial charge in [-0.25, -0.2) is 26.8 Å². The van der Waals surface area contributed by atoms with E-state index in [9.17, 15) is 0 Å². The molecule has 0 atom stereocenters. The van der Waals surface area contributed by atoms with Crippen LogP contribution in [0.15, 0.2) is 250 Å². The summed E-state index contributed by atoms with van der Waals surface area (Å²) in [4.78, 5) is 21.7. The molecule has 2 aliphatic rings. The van der Waals surface area contributed by atoms with Crippen molar-refractivity contribution in [3.63, 3.8) is 0 Å². The van der Waals surface area contributed by atoms with Gasteiger partial charge in [0.1, 0.15) is 22.4 Å². The fourth-order valence-electron chi connectivity index (χ4n) is 12.0. The van der Waals surface area contributed by atoms with Gasteiger partial charge in [0.2, 0.25) is 19.7 Å². The van der Waals surface area contributed by atoms with E-state index in [2.05, 4.69) is 21.3 Å². The summed E-state index contributed by atoms with van der Waals surface area (Å²) in [5.74, 6) is 0. The van der Waals surface area contributed by atoms with E-state index < -0.39 is 19.7 Å². The topological polar surface area (TPSA) is 130 Å². The molecule has 9 aromatic carbocycles. The zero-order valence-electron chi connectivity index (χ0n) is 41.1. The molecule has 0 unspecified atom stereocenters. The Bertz CT molecular complexity index is 4810. The van der Waals surface area contributed by atoms with E-state index in [0.29, 0.717) is 99.9 Å². The minimum atomic E-state index is -4.25. The van der Waals surface area contributed by atoms with Gasteiger partial charge in [0.05, 0.1) is 64.4 Å². The van der Waals surface area contributed by atoms with E-state index in [4.69, 9.17) is 19.9 Å². The van der Waals surface area contributed by atoms with Crippen LogP contribution in [-0.4, -0.2) is 45.9 Å². The lowest BCUT2D eigenvalue weighted by Crippen LogP contribution is -2.16. The van der Waals surface area contributed by atoms with Crippen LogP contribution in [0.5, 0.6) is 0 Å². The fraction of sp³-hybridized carbons (Fsp3) is 0. The summed E-state index contributed by atoms with van der Waals surface area (Å²) in [7, 11) is -8.49. The van der Waals surface area contributed by atoms with Crippen molar-refractivity contribution in [2.75, 3.05) is 0 Å². The Morgan fingerprint density at radius 3 is 1.01 bits per heavy atom. The molecule has 0 N–H and O–H groups in total. The quantitative estimate of drug-likeness (QED) is 0.161. The summed E-state index contributed by atoms with van der Waals surface area (Å²) in [6.07, 6.45) is 3.44. The average Bonchev–Trinajstić information content (AvgIpc) is 4.23. The second kappa shape index (κ2) is 16.3. The Labute approximate surface area is 446 Å². The molecule has 0 radical (unpaired) electrons. The maximum absolute atomic E-state index is 15.8. The fourth-order valence-corrected chi connectivity index (χ4v) is 15.4. The van der Waals surface area contributed by atoms with Crippen LogP contribution in [0.3, 0.4) is 0 Å². The van der Waals surface area contributed by atoms with Gasteiger partial charge in [-0.05, 0) is 117 Å². The lowest BCUT2D eigenvalue weighted by atomic mass is 9.99. The van der Waals surface area contributed by atoms with Gasteiger partial charge in [-0.2, -0.15) is 0 Å². The van der Waals surface area contributed by atoms with E-state index in [0.717, 1.165) is 33.4 Å². The molecule has 12 heteroatoms. The van der Waals surface area contributed by atoms with Crippen LogP contribution in [0.1, 0.15) is 0 Å². The first-order chi connectivity index (χ1) is 38.2. The number of nitrogens with zero attached hydrogens (tertiary/aromatic N) is 6. The normalized spacial score (nSPS) is 13.8. The summed E-state index contributed by atoms with van der Waals surface area (Å²) in [5.41, 5.74) is 12.4. The Morgan fingerprint density at radius 2 is 0.654 bits per heavy atom. The van der Waals surface area contributed by atoms with Crippen molar-refractivity contribution in [2.24, 2.45) is 0 Å². The first-order valence-corrected chi connectivity index (χ1v) is 28.4. The molecule has 10 nitrogen and oxygen atoms in total. The summed E-state index contributed by atoms with van der Waals surface area (Å²) in [6, 6.07) is 69.4. The van der Waals surface area contributed by atoms with Crippen LogP contribution in [0.4, 0.5) is 0 Å². The molecule has 16 rings (SSSR count). The molecule has 0 saturated heterocycles. The van der Waals surface area contributed by atoms with E-state index in [1.54, 1.807) is 36.7 Å². The van der Waals surface area contributed by atoms with Crippen molar-refractivity contribution in [3.8, 4) is 78.7 Å². The zero-order chi connectivity index (χ0) is 52.0. The van der Waals surface area contributed by atoms with E-state index >= 15 is 16.8 Å². The van der Waals surface area contributed by atoms with Crippen LogP contribution in [0.25, 0.3) is 133 Å². The maximum atomic E-state index is 15.8. The first kappa shape index (κ1) is 44.4. The molecule has 0 aliphatic carbocycles. The van der Waals surface area contributed by atoms with Crippen LogP contribution in [0.2, 0.25) is 0 Å². The van der Waals surface area contributed by atoms with E-state index in [1.807, 2.05) is 182 Å². The van der Waals surface area contributed by atoms with Crippen molar-refractivity contribution in [3.05, 3.63) is 231 Å². The molecule has 0 fully saturated rings. The van der Waals surface area contributed by atoms with Crippen molar-refractivity contribution in [1.82, 2.24) is 29.1 Å².